The van der Waals surface area contributed by atoms with Crippen molar-refractivity contribution in [2.24, 2.45) is 5.92 Å². The van der Waals surface area contributed by atoms with Crippen molar-refractivity contribution in [3.05, 3.63) is 0 Å². The molecule has 5 nitrogen and oxygen atoms in total. The second-order valence-electron chi connectivity index (χ2n) is 10.1. The lowest BCUT2D eigenvalue weighted by atomic mass is 9.78. The number of hydrogen-bond donors (Lipinski definition) is 0. The van der Waals surface area contributed by atoms with Gasteiger partial charge in [0.2, 0.25) is 0 Å². The summed E-state index contributed by atoms with van der Waals surface area (Å²) < 4.78 is 5.56. The van der Waals surface area contributed by atoms with Gasteiger partial charge >= 0.3 is 0 Å². The highest BCUT2D eigenvalue weighted by molar-refractivity contribution is 4.96. The summed E-state index contributed by atoms with van der Waals surface area (Å²) in [5.74, 6) is 0.825. The van der Waals surface area contributed by atoms with Gasteiger partial charge in [-0.05, 0) is 73.4 Å². The first kappa shape index (κ1) is 21.5. The number of ether oxygens (including phenoxy) is 1. The molecule has 0 amide bonds. The number of hydrogen-bond acceptors (Lipinski definition) is 5. The Morgan fingerprint density at radius 1 is 0.704 bits per heavy atom. The zero-order valence-corrected chi connectivity index (χ0v) is 18.8. The van der Waals surface area contributed by atoms with Crippen LogP contribution in [0.25, 0.3) is 0 Å². The Balaban J connectivity index is 1.53. The molecular formula is C22H44N4O. The van der Waals surface area contributed by atoms with Gasteiger partial charge in [0.25, 0.3) is 0 Å². The van der Waals surface area contributed by atoms with E-state index in [1.54, 1.807) is 0 Å². The van der Waals surface area contributed by atoms with Gasteiger partial charge in [-0.1, -0.05) is 0 Å². The molecule has 0 radical (unpaired) electrons. The molecule has 5 heteroatoms. The van der Waals surface area contributed by atoms with Crippen molar-refractivity contribution < 1.29 is 4.74 Å². The minimum Gasteiger partial charge on any atom is -0.379 e. The molecule has 0 unspecified atom stereocenters. The van der Waals surface area contributed by atoms with Crippen molar-refractivity contribution in [2.75, 3.05) is 65.6 Å². The normalized spacial score (nSPS) is 26.8. The molecule has 0 aliphatic carbocycles. The van der Waals surface area contributed by atoms with E-state index in [-0.39, 0.29) is 5.66 Å². The van der Waals surface area contributed by atoms with Gasteiger partial charge < -0.3 is 9.64 Å². The molecule has 0 aromatic heterocycles. The van der Waals surface area contributed by atoms with E-state index in [0.29, 0.717) is 11.6 Å². The molecule has 3 aliphatic rings. The van der Waals surface area contributed by atoms with Gasteiger partial charge in [0.1, 0.15) is 0 Å². The first-order chi connectivity index (χ1) is 12.7. The first-order valence-electron chi connectivity index (χ1n) is 11.3. The van der Waals surface area contributed by atoms with E-state index in [0.717, 1.165) is 32.2 Å². The molecular weight excluding hydrogens is 336 g/mol. The highest BCUT2D eigenvalue weighted by Crippen LogP contribution is 2.35. The van der Waals surface area contributed by atoms with Gasteiger partial charge in [0.15, 0.2) is 0 Å². The first-order valence-corrected chi connectivity index (χ1v) is 11.3. The van der Waals surface area contributed by atoms with Crippen molar-refractivity contribution >= 4 is 0 Å². The van der Waals surface area contributed by atoms with Crippen LogP contribution >= 0.6 is 0 Å². The largest absolute Gasteiger partial charge is 0.379 e. The van der Waals surface area contributed by atoms with Crippen molar-refractivity contribution in [1.82, 2.24) is 19.6 Å². The lowest BCUT2D eigenvalue weighted by Crippen LogP contribution is -2.66. The Morgan fingerprint density at radius 3 is 1.70 bits per heavy atom. The molecule has 3 fully saturated rings. The molecule has 0 atom stereocenters. The van der Waals surface area contributed by atoms with Crippen LogP contribution in [0.15, 0.2) is 0 Å². The maximum absolute atomic E-state index is 5.56. The number of piperidine rings is 1. The molecule has 3 aliphatic heterocycles. The summed E-state index contributed by atoms with van der Waals surface area (Å²) in [6.07, 6.45) is 2.70. The topological polar surface area (TPSA) is 22.2 Å². The predicted octanol–water partition coefficient (Wildman–Crippen LogP) is 2.57. The predicted molar refractivity (Wildman–Crippen MR) is 113 cm³/mol. The van der Waals surface area contributed by atoms with E-state index in [9.17, 15) is 0 Å². The van der Waals surface area contributed by atoms with Crippen LogP contribution in [0.4, 0.5) is 0 Å². The van der Waals surface area contributed by atoms with Crippen LogP contribution in [0.3, 0.4) is 0 Å². The molecule has 0 saturated carbocycles. The maximum Gasteiger partial charge on any atom is 0.0682 e. The Labute approximate surface area is 168 Å². The molecule has 0 N–H and O–H groups in total. The second kappa shape index (κ2) is 8.66. The van der Waals surface area contributed by atoms with E-state index in [2.05, 4.69) is 61.1 Å². The third-order valence-corrected chi connectivity index (χ3v) is 7.91. The molecule has 0 aromatic rings. The van der Waals surface area contributed by atoms with E-state index < -0.39 is 0 Å². The quantitative estimate of drug-likeness (QED) is 0.729. The van der Waals surface area contributed by atoms with Crippen molar-refractivity contribution in [3.63, 3.8) is 0 Å². The highest BCUT2D eigenvalue weighted by atomic mass is 16.5. The summed E-state index contributed by atoms with van der Waals surface area (Å²) >= 11 is 0. The molecule has 3 heterocycles. The monoisotopic (exact) mass is 380 g/mol. The Bertz CT molecular complexity index is 457. The number of nitrogens with zero attached hydrogens (tertiary/aromatic N) is 4. The standard InChI is InChI=1S/C22H44N4O/c1-19(2)23-9-7-20(8-10-23)21(3,4)24-11-13-25(14-12-24)22(5,6)26-15-17-27-18-16-26/h19-20H,7-18H2,1-6H3. The van der Waals surface area contributed by atoms with Crippen molar-refractivity contribution in [2.45, 2.75) is 71.6 Å². The van der Waals surface area contributed by atoms with Crippen LogP contribution in [0.5, 0.6) is 0 Å². The number of morpholine rings is 1. The molecule has 0 aromatic carbocycles. The third-order valence-electron chi connectivity index (χ3n) is 7.91. The summed E-state index contributed by atoms with van der Waals surface area (Å²) in [6, 6.07) is 0.694. The van der Waals surface area contributed by atoms with Gasteiger partial charge in [0.05, 0.1) is 18.9 Å². The maximum atomic E-state index is 5.56. The summed E-state index contributed by atoms with van der Waals surface area (Å²) in [6.45, 7) is 25.7. The van der Waals surface area contributed by atoms with Crippen LogP contribution in [0, 0.1) is 5.92 Å². The number of rotatable bonds is 5. The summed E-state index contributed by atoms with van der Waals surface area (Å²) in [5, 5.41) is 0. The van der Waals surface area contributed by atoms with Crippen LogP contribution in [0.1, 0.15) is 54.4 Å². The molecule has 0 bridgehead atoms. The fourth-order valence-corrected chi connectivity index (χ4v) is 5.52. The van der Waals surface area contributed by atoms with Crippen LogP contribution < -0.4 is 0 Å². The zero-order chi connectivity index (χ0) is 19.7. The van der Waals surface area contributed by atoms with E-state index in [1.165, 1.54) is 52.1 Å². The Hall–Kier alpha value is -0.200. The van der Waals surface area contributed by atoms with E-state index >= 15 is 0 Å². The van der Waals surface area contributed by atoms with Gasteiger partial charge in [-0.25, -0.2) is 0 Å². The van der Waals surface area contributed by atoms with Crippen LogP contribution in [-0.2, 0) is 4.74 Å². The average molecular weight is 381 g/mol. The SMILES string of the molecule is CC(C)N1CCC(C(C)(C)N2CCN(C(C)(C)N3CCOCC3)CC2)CC1. The van der Waals surface area contributed by atoms with Crippen molar-refractivity contribution in [3.8, 4) is 0 Å². The molecule has 27 heavy (non-hydrogen) atoms. The molecule has 0 spiro atoms. The number of piperazine rings is 1. The van der Waals surface area contributed by atoms with Crippen LogP contribution in [-0.4, -0.2) is 102 Å². The van der Waals surface area contributed by atoms with Gasteiger partial charge in [-0.2, -0.15) is 0 Å². The van der Waals surface area contributed by atoms with Gasteiger partial charge in [-0.15, -0.1) is 0 Å². The Morgan fingerprint density at radius 2 is 1.19 bits per heavy atom. The van der Waals surface area contributed by atoms with Crippen molar-refractivity contribution in [1.29, 1.82) is 0 Å². The average Bonchev–Trinajstić information content (AvgIpc) is 2.69. The minimum absolute atomic E-state index is 0.141. The van der Waals surface area contributed by atoms with E-state index in [4.69, 9.17) is 4.74 Å². The molecule has 3 rings (SSSR count). The zero-order valence-electron chi connectivity index (χ0n) is 18.8. The van der Waals surface area contributed by atoms with Gasteiger partial charge in [-0.3, -0.25) is 14.7 Å². The van der Waals surface area contributed by atoms with E-state index in [1.807, 2.05) is 0 Å². The summed E-state index contributed by atoms with van der Waals surface area (Å²) in [4.78, 5) is 10.7. The third kappa shape index (κ3) is 4.69. The number of likely N-dealkylation sites (tertiary alicyclic amines) is 1. The van der Waals surface area contributed by atoms with Gasteiger partial charge in [0, 0.05) is 50.8 Å². The lowest BCUT2D eigenvalue weighted by Gasteiger charge is -2.54. The smallest absolute Gasteiger partial charge is 0.0682 e. The molecule has 3 saturated heterocycles. The summed E-state index contributed by atoms with van der Waals surface area (Å²) in [7, 11) is 0. The second-order valence-corrected chi connectivity index (χ2v) is 10.1. The fourth-order valence-electron chi connectivity index (χ4n) is 5.52. The lowest BCUT2D eigenvalue weighted by molar-refractivity contribution is -0.106. The molecule has 158 valence electrons. The van der Waals surface area contributed by atoms with Crippen LogP contribution in [0.2, 0.25) is 0 Å². The highest BCUT2D eigenvalue weighted by Gasteiger charge is 2.41. The Kier molecular flexibility index (Phi) is 6.90. The summed E-state index contributed by atoms with van der Waals surface area (Å²) in [5.41, 5.74) is 0.459. The minimum atomic E-state index is 0.141. The fraction of sp³-hybridized carbons (Fsp3) is 1.00.